The maximum atomic E-state index is 12.8. The molecule has 1 heterocycles. The second-order valence-corrected chi connectivity index (χ2v) is 10.00. The first-order valence-corrected chi connectivity index (χ1v) is 12.6. The molecule has 1 fully saturated rings. The van der Waals surface area contributed by atoms with Gasteiger partial charge in [0.15, 0.2) is 0 Å². The molecule has 34 heavy (non-hydrogen) atoms. The van der Waals surface area contributed by atoms with E-state index in [1.165, 1.54) is 0 Å². The fourth-order valence-corrected chi connectivity index (χ4v) is 5.35. The van der Waals surface area contributed by atoms with E-state index in [0.29, 0.717) is 25.7 Å². The number of carbonyl (C=O) groups is 3. The van der Waals surface area contributed by atoms with Gasteiger partial charge in [-0.05, 0) is 36.7 Å². The normalized spacial score (nSPS) is 33.9. The van der Waals surface area contributed by atoms with Crippen LogP contribution in [0.2, 0.25) is 0 Å². The van der Waals surface area contributed by atoms with Crippen molar-refractivity contribution in [1.82, 2.24) is 5.32 Å². The van der Waals surface area contributed by atoms with Gasteiger partial charge in [0.1, 0.15) is 12.2 Å². The second kappa shape index (κ2) is 12.0. The predicted molar refractivity (Wildman–Crippen MR) is 125 cm³/mol. The summed E-state index contributed by atoms with van der Waals surface area (Å²) in [6.07, 6.45) is 7.62. The number of hydrogen-bond donors (Lipinski definition) is 3. The highest BCUT2D eigenvalue weighted by atomic mass is 16.6. The second-order valence-electron chi connectivity index (χ2n) is 10.00. The van der Waals surface area contributed by atoms with Gasteiger partial charge < -0.3 is 25.0 Å². The molecule has 8 atom stereocenters. The van der Waals surface area contributed by atoms with Gasteiger partial charge in [-0.2, -0.15) is 0 Å². The van der Waals surface area contributed by atoms with E-state index >= 15 is 0 Å². The van der Waals surface area contributed by atoms with Crippen LogP contribution in [-0.4, -0.2) is 59.5 Å². The molecule has 0 aromatic carbocycles. The van der Waals surface area contributed by atoms with Crippen molar-refractivity contribution in [2.45, 2.75) is 77.6 Å². The van der Waals surface area contributed by atoms with Gasteiger partial charge in [-0.1, -0.05) is 39.0 Å². The van der Waals surface area contributed by atoms with Gasteiger partial charge in [0.25, 0.3) is 0 Å². The smallest absolute Gasteiger partial charge is 0.308 e. The average molecular weight is 478 g/mol. The van der Waals surface area contributed by atoms with Crippen molar-refractivity contribution < 1.29 is 34.1 Å². The Morgan fingerprint density at radius 2 is 2.06 bits per heavy atom. The molecule has 3 rings (SSSR count). The van der Waals surface area contributed by atoms with Crippen molar-refractivity contribution in [3.05, 3.63) is 23.8 Å². The minimum atomic E-state index is -0.664. The van der Waals surface area contributed by atoms with Gasteiger partial charge in [-0.25, -0.2) is 0 Å². The fraction of sp³-hybridized carbons (Fsp3) is 0.731. The van der Waals surface area contributed by atoms with Gasteiger partial charge >= 0.3 is 11.9 Å². The molecule has 0 saturated carbocycles. The third-order valence-corrected chi connectivity index (χ3v) is 7.48. The quantitative estimate of drug-likeness (QED) is 0.436. The first kappa shape index (κ1) is 26.4. The Morgan fingerprint density at radius 3 is 2.74 bits per heavy atom. The number of hydrogen-bond acceptors (Lipinski definition) is 7. The molecule has 1 saturated heterocycles. The Bertz CT molecular complexity index is 807. The molecule has 1 amide bonds. The molecule has 1 aliphatic heterocycles. The molecule has 8 heteroatoms. The Morgan fingerprint density at radius 1 is 1.29 bits per heavy atom. The summed E-state index contributed by atoms with van der Waals surface area (Å²) < 4.78 is 11.5. The molecule has 1 unspecified atom stereocenters. The molecular formula is C26H39NO7. The van der Waals surface area contributed by atoms with Crippen LogP contribution in [0.25, 0.3) is 0 Å². The topological polar surface area (TPSA) is 122 Å². The number of esters is 2. The summed E-state index contributed by atoms with van der Waals surface area (Å²) in [4.78, 5) is 37.2. The largest absolute Gasteiger partial charge is 0.462 e. The van der Waals surface area contributed by atoms with Gasteiger partial charge in [0.2, 0.25) is 5.91 Å². The predicted octanol–water partition coefficient (Wildman–Crippen LogP) is 2.28. The Kier molecular flexibility index (Phi) is 9.31. The number of ether oxygens (including phenoxy) is 2. The number of aliphatic hydroxyl groups excluding tert-OH is 2. The third-order valence-electron chi connectivity index (χ3n) is 7.48. The lowest BCUT2D eigenvalue weighted by Gasteiger charge is -2.43. The van der Waals surface area contributed by atoms with E-state index in [0.717, 1.165) is 12.0 Å². The average Bonchev–Trinajstić information content (AvgIpc) is 2.80. The first-order chi connectivity index (χ1) is 16.2. The van der Waals surface area contributed by atoms with E-state index in [-0.39, 0.29) is 67.2 Å². The Hall–Kier alpha value is -2.19. The van der Waals surface area contributed by atoms with Crippen LogP contribution >= 0.6 is 0 Å². The van der Waals surface area contributed by atoms with Crippen LogP contribution in [0.1, 0.15) is 59.3 Å². The summed E-state index contributed by atoms with van der Waals surface area (Å²) in [5, 5.41) is 21.8. The summed E-state index contributed by atoms with van der Waals surface area (Å²) in [5.74, 6) is -1.17. The third kappa shape index (κ3) is 6.48. The minimum Gasteiger partial charge on any atom is -0.462 e. The number of aliphatic hydroxyl groups is 2. The van der Waals surface area contributed by atoms with Crippen molar-refractivity contribution >= 4 is 17.8 Å². The van der Waals surface area contributed by atoms with E-state index in [2.05, 4.69) is 18.3 Å². The zero-order valence-corrected chi connectivity index (χ0v) is 20.4. The molecule has 2 aliphatic carbocycles. The molecule has 3 aliphatic rings. The molecule has 8 nitrogen and oxygen atoms in total. The lowest BCUT2D eigenvalue weighted by Crippen LogP contribution is -2.45. The van der Waals surface area contributed by atoms with Crippen LogP contribution in [0, 0.1) is 29.6 Å². The number of allylic oxidation sites excluding steroid dienone is 2. The molecule has 0 aromatic rings. The van der Waals surface area contributed by atoms with Crippen molar-refractivity contribution in [2.24, 2.45) is 29.6 Å². The van der Waals surface area contributed by atoms with Crippen LogP contribution < -0.4 is 5.32 Å². The summed E-state index contributed by atoms with van der Waals surface area (Å²) in [6, 6.07) is 0. The van der Waals surface area contributed by atoms with Gasteiger partial charge in [-0.3, -0.25) is 14.4 Å². The summed E-state index contributed by atoms with van der Waals surface area (Å²) in [7, 11) is 0. The number of fused-ring (bicyclic) bond motifs is 1. The van der Waals surface area contributed by atoms with Crippen LogP contribution in [0.4, 0.5) is 0 Å². The van der Waals surface area contributed by atoms with Gasteiger partial charge in [-0.15, -0.1) is 0 Å². The maximum absolute atomic E-state index is 12.8. The molecule has 190 valence electrons. The maximum Gasteiger partial charge on any atom is 0.308 e. The molecule has 0 aromatic heterocycles. The molecule has 3 N–H and O–H groups in total. The lowest BCUT2D eigenvalue weighted by molar-refractivity contribution is -0.162. The van der Waals surface area contributed by atoms with Crippen LogP contribution in [0.5, 0.6) is 0 Å². The SMILES string of the molecule is CCC(C)C(=O)O[C@H]1C[C@H](C(=O)NCCO)C=C2C=C[C@H](C)[C@H](CC[C@@H]3C[C@@H](O)CC(=O)O3)[C@H]21. The Balaban J connectivity index is 1.81. The van der Waals surface area contributed by atoms with E-state index in [4.69, 9.17) is 14.6 Å². The standard InChI is InChI=1S/C26H39NO7/c1-4-15(2)26(32)34-22-12-18(25(31)27-9-10-28)11-17-6-5-16(3)21(24(17)22)8-7-20-13-19(29)14-23(30)33-20/h5-6,11,15-16,18-22,24,28-29H,4,7-10,12-14H2,1-3H3,(H,27,31)/t15?,16-,18+,19+,20+,21-,22-,24-/m0/s1. The van der Waals surface area contributed by atoms with Crippen molar-refractivity contribution in [3.63, 3.8) is 0 Å². The molecule has 0 bridgehead atoms. The number of rotatable bonds is 9. The monoisotopic (exact) mass is 477 g/mol. The van der Waals surface area contributed by atoms with E-state index in [1.807, 2.05) is 26.0 Å². The summed E-state index contributed by atoms with van der Waals surface area (Å²) in [6.45, 7) is 5.96. The zero-order valence-electron chi connectivity index (χ0n) is 20.4. The van der Waals surface area contributed by atoms with Crippen LogP contribution in [-0.2, 0) is 23.9 Å². The van der Waals surface area contributed by atoms with Crippen LogP contribution in [0.3, 0.4) is 0 Å². The van der Waals surface area contributed by atoms with E-state index in [1.54, 1.807) is 0 Å². The molecule has 0 radical (unpaired) electrons. The van der Waals surface area contributed by atoms with E-state index < -0.39 is 18.1 Å². The van der Waals surface area contributed by atoms with Crippen molar-refractivity contribution in [2.75, 3.05) is 13.2 Å². The zero-order chi connectivity index (χ0) is 24.8. The van der Waals surface area contributed by atoms with Crippen molar-refractivity contribution in [3.8, 4) is 0 Å². The number of nitrogens with one attached hydrogen (secondary N) is 1. The van der Waals surface area contributed by atoms with E-state index in [9.17, 15) is 19.5 Å². The van der Waals surface area contributed by atoms with Gasteiger partial charge in [0, 0.05) is 25.3 Å². The molecule has 0 spiro atoms. The molecular weight excluding hydrogens is 438 g/mol. The van der Waals surface area contributed by atoms with Crippen LogP contribution in [0.15, 0.2) is 23.8 Å². The fourth-order valence-electron chi connectivity index (χ4n) is 5.35. The van der Waals surface area contributed by atoms with Gasteiger partial charge in [0.05, 0.1) is 31.0 Å². The number of amides is 1. The highest BCUT2D eigenvalue weighted by Crippen LogP contribution is 2.45. The number of carbonyl (C=O) groups excluding carboxylic acids is 3. The first-order valence-electron chi connectivity index (χ1n) is 12.6. The van der Waals surface area contributed by atoms with Crippen molar-refractivity contribution in [1.29, 1.82) is 0 Å². The summed E-state index contributed by atoms with van der Waals surface area (Å²) >= 11 is 0. The number of cyclic esters (lactones) is 1. The highest BCUT2D eigenvalue weighted by Gasteiger charge is 2.44. The summed E-state index contributed by atoms with van der Waals surface area (Å²) in [5.41, 5.74) is 0.987. The Labute approximate surface area is 201 Å². The minimum absolute atomic E-state index is 0.0436. The highest BCUT2D eigenvalue weighted by molar-refractivity contribution is 5.81. The lowest BCUT2D eigenvalue weighted by atomic mass is 9.65.